The third-order valence-electron chi connectivity index (χ3n) is 2.25. The Labute approximate surface area is 104 Å². The molecule has 0 spiro atoms. The lowest BCUT2D eigenvalue weighted by molar-refractivity contribution is 0.557. The van der Waals surface area contributed by atoms with Crippen LogP contribution in [0.5, 0.6) is 0 Å². The van der Waals surface area contributed by atoms with Crippen LogP contribution in [0.15, 0.2) is 48.6 Å². The molecule has 4 heteroatoms. The number of rotatable bonds is 0. The fraction of sp³-hybridized carbons (Fsp3) is 0.385. The Balaban J connectivity index is 0.000000284. The normalized spacial score (nSPS) is 22.4. The summed E-state index contributed by atoms with van der Waals surface area (Å²) in [5, 5.41) is 0. The Morgan fingerprint density at radius 3 is 1.12 bits per heavy atom. The summed E-state index contributed by atoms with van der Waals surface area (Å²) in [6.45, 7) is 0. The smallest absolute Gasteiger partial charge is 0.0866 e. The van der Waals surface area contributed by atoms with Gasteiger partial charge in [0.05, 0.1) is 11.3 Å². The molecule has 0 aromatic rings. The van der Waals surface area contributed by atoms with Crippen molar-refractivity contribution < 1.29 is 0 Å². The first-order chi connectivity index (χ1) is 7.41. The molecule has 2 aliphatic rings. The Morgan fingerprint density at radius 1 is 0.647 bits per heavy atom. The molecule has 0 saturated heterocycles. The van der Waals surface area contributed by atoms with Crippen molar-refractivity contribution in [2.75, 3.05) is 0 Å². The molecular formula is C13H24N4. The quantitative estimate of drug-likeness (QED) is 0.468. The van der Waals surface area contributed by atoms with Crippen LogP contribution in [0.2, 0.25) is 0 Å². The van der Waals surface area contributed by atoms with Crippen molar-refractivity contribution in [2.45, 2.75) is 31.6 Å². The van der Waals surface area contributed by atoms with Crippen LogP contribution < -0.4 is 22.9 Å². The summed E-state index contributed by atoms with van der Waals surface area (Å²) in [6.07, 6.45) is 16.6. The van der Waals surface area contributed by atoms with Crippen LogP contribution in [-0.2, 0) is 0 Å². The van der Waals surface area contributed by atoms with Crippen molar-refractivity contribution in [1.82, 2.24) is 0 Å². The largest absolute Gasteiger partial charge is 0.310 e. The van der Waals surface area contributed by atoms with Gasteiger partial charge in [-0.1, -0.05) is 56.0 Å². The lowest BCUT2D eigenvalue weighted by atomic mass is 10.0. The number of allylic oxidation sites excluding steroid dienone is 4. The van der Waals surface area contributed by atoms with Crippen molar-refractivity contribution in [2.24, 2.45) is 22.9 Å². The zero-order valence-electron chi connectivity index (χ0n) is 9.34. The summed E-state index contributed by atoms with van der Waals surface area (Å²) in [5.74, 6) is 0. The van der Waals surface area contributed by atoms with E-state index >= 15 is 0 Å². The van der Waals surface area contributed by atoms with E-state index < -0.39 is 11.3 Å². The first kappa shape index (κ1) is 15.8. The summed E-state index contributed by atoms with van der Waals surface area (Å²) in [7, 11) is 0. The van der Waals surface area contributed by atoms with Gasteiger partial charge in [-0.25, -0.2) is 0 Å². The number of hydrogen-bond acceptors (Lipinski definition) is 4. The SMILES string of the molecule is C.NC1(N)C=CC=CC1.NC1(N)C=CC=CC1. The van der Waals surface area contributed by atoms with Gasteiger partial charge in [0.25, 0.3) is 0 Å². The Bertz CT molecular complexity index is 301. The van der Waals surface area contributed by atoms with Gasteiger partial charge >= 0.3 is 0 Å². The number of nitrogens with two attached hydrogens (primary N) is 4. The first-order valence-corrected chi connectivity index (χ1v) is 5.26. The van der Waals surface area contributed by atoms with Crippen LogP contribution in [0.1, 0.15) is 20.3 Å². The summed E-state index contributed by atoms with van der Waals surface area (Å²) in [6, 6.07) is 0. The maximum absolute atomic E-state index is 5.52. The molecule has 2 aliphatic carbocycles. The first-order valence-electron chi connectivity index (χ1n) is 5.26. The molecule has 2 rings (SSSR count). The predicted molar refractivity (Wildman–Crippen MR) is 74.7 cm³/mol. The molecular weight excluding hydrogens is 212 g/mol. The minimum atomic E-state index is -0.589. The molecule has 0 heterocycles. The zero-order chi connectivity index (χ0) is 12.1. The second-order valence-corrected chi connectivity index (χ2v) is 4.21. The molecule has 0 aromatic heterocycles. The topological polar surface area (TPSA) is 104 Å². The molecule has 0 bridgehead atoms. The van der Waals surface area contributed by atoms with Crippen LogP contribution in [0.4, 0.5) is 0 Å². The van der Waals surface area contributed by atoms with Gasteiger partial charge in [0.15, 0.2) is 0 Å². The summed E-state index contributed by atoms with van der Waals surface area (Å²) in [4.78, 5) is 0. The summed E-state index contributed by atoms with van der Waals surface area (Å²) < 4.78 is 0. The zero-order valence-corrected chi connectivity index (χ0v) is 9.34. The van der Waals surface area contributed by atoms with Gasteiger partial charge in [-0.2, -0.15) is 0 Å². The Morgan fingerprint density at radius 2 is 1.00 bits per heavy atom. The van der Waals surface area contributed by atoms with E-state index in [1.54, 1.807) is 12.2 Å². The molecule has 0 unspecified atom stereocenters. The van der Waals surface area contributed by atoms with Crippen LogP contribution >= 0.6 is 0 Å². The third kappa shape index (κ3) is 6.86. The fourth-order valence-electron chi connectivity index (χ4n) is 1.31. The van der Waals surface area contributed by atoms with Crippen LogP contribution in [0, 0.1) is 0 Å². The lowest BCUT2D eigenvalue weighted by Crippen LogP contribution is -2.47. The molecule has 0 atom stereocenters. The van der Waals surface area contributed by atoms with E-state index in [4.69, 9.17) is 22.9 Å². The van der Waals surface area contributed by atoms with Crippen LogP contribution in [0.3, 0.4) is 0 Å². The molecule has 0 saturated carbocycles. The highest BCUT2D eigenvalue weighted by Crippen LogP contribution is 2.06. The van der Waals surface area contributed by atoms with Gasteiger partial charge in [-0.15, -0.1) is 0 Å². The Kier molecular flexibility index (Phi) is 6.05. The second kappa shape index (κ2) is 6.51. The van der Waals surface area contributed by atoms with E-state index in [1.807, 2.05) is 36.5 Å². The van der Waals surface area contributed by atoms with E-state index in [0.717, 1.165) is 12.8 Å². The van der Waals surface area contributed by atoms with E-state index in [9.17, 15) is 0 Å². The Hall–Kier alpha value is -1.20. The monoisotopic (exact) mass is 236 g/mol. The van der Waals surface area contributed by atoms with Gasteiger partial charge in [0.2, 0.25) is 0 Å². The van der Waals surface area contributed by atoms with E-state index in [0.29, 0.717) is 0 Å². The van der Waals surface area contributed by atoms with Crippen molar-refractivity contribution in [3.63, 3.8) is 0 Å². The molecule has 0 aliphatic heterocycles. The average molecular weight is 236 g/mol. The molecule has 0 radical (unpaired) electrons. The molecule has 96 valence electrons. The van der Waals surface area contributed by atoms with Crippen LogP contribution in [-0.4, -0.2) is 11.3 Å². The van der Waals surface area contributed by atoms with E-state index in [1.165, 1.54) is 0 Å². The van der Waals surface area contributed by atoms with Crippen molar-refractivity contribution >= 4 is 0 Å². The van der Waals surface area contributed by atoms with Crippen molar-refractivity contribution in [1.29, 1.82) is 0 Å². The van der Waals surface area contributed by atoms with Gasteiger partial charge in [0.1, 0.15) is 0 Å². The summed E-state index contributed by atoms with van der Waals surface area (Å²) in [5.41, 5.74) is 20.9. The highest BCUT2D eigenvalue weighted by Gasteiger charge is 2.13. The second-order valence-electron chi connectivity index (χ2n) is 4.21. The average Bonchev–Trinajstić information content (AvgIpc) is 2.17. The molecule has 0 fully saturated rings. The van der Waals surface area contributed by atoms with Crippen molar-refractivity contribution in [3.05, 3.63) is 48.6 Å². The lowest BCUT2D eigenvalue weighted by Gasteiger charge is -2.19. The van der Waals surface area contributed by atoms with Gasteiger partial charge in [0, 0.05) is 12.8 Å². The molecule has 4 nitrogen and oxygen atoms in total. The molecule has 0 amide bonds. The van der Waals surface area contributed by atoms with Crippen molar-refractivity contribution in [3.8, 4) is 0 Å². The minimum Gasteiger partial charge on any atom is -0.310 e. The highest BCUT2D eigenvalue weighted by atomic mass is 14.9. The van der Waals surface area contributed by atoms with Crippen LogP contribution in [0.25, 0.3) is 0 Å². The van der Waals surface area contributed by atoms with Gasteiger partial charge in [-0.3, -0.25) is 0 Å². The maximum Gasteiger partial charge on any atom is 0.0866 e. The summed E-state index contributed by atoms with van der Waals surface area (Å²) >= 11 is 0. The highest BCUT2D eigenvalue weighted by molar-refractivity contribution is 5.18. The minimum absolute atomic E-state index is 0. The molecule has 8 N–H and O–H groups in total. The van der Waals surface area contributed by atoms with Gasteiger partial charge < -0.3 is 22.9 Å². The predicted octanol–water partition coefficient (Wildman–Crippen LogP) is 0.869. The maximum atomic E-state index is 5.52. The standard InChI is InChI=1S/2C6H10N2.CH4/c2*7-6(8)4-2-1-3-5-6;/h2*1-4H,5,7-8H2;1H4. The molecule has 0 aromatic carbocycles. The molecule has 17 heavy (non-hydrogen) atoms. The third-order valence-corrected chi connectivity index (χ3v) is 2.25. The fourth-order valence-corrected chi connectivity index (χ4v) is 1.31. The van der Waals surface area contributed by atoms with E-state index in [2.05, 4.69) is 0 Å². The van der Waals surface area contributed by atoms with Gasteiger partial charge in [-0.05, 0) is 0 Å². The number of hydrogen-bond donors (Lipinski definition) is 4. The van der Waals surface area contributed by atoms with E-state index in [-0.39, 0.29) is 7.43 Å².